The smallest absolute Gasteiger partial charge is 0.339 e. The molecule has 0 radical (unpaired) electrons. The zero-order valence-electron chi connectivity index (χ0n) is 11.2. The molecule has 0 aliphatic carbocycles. The summed E-state index contributed by atoms with van der Waals surface area (Å²) in [5, 5.41) is 3.28. The molecule has 0 atom stereocenters. The highest BCUT2D eigenvalue weighted by molar-refractivity contribution is 5.90. The molecule has 0 saturated heterocycles. The number of hydrogen-bond donors (Lipinski definition) is 1. The van der Waals surface area contributed by atoms with Gasteiger partial charge in [0.25, 0.3) is 0 Å². The number of anilines is 1. The van der Waals surface area contributed by atoms with Crippen molar-refractivity contribution in [3.8, 4) is 11.1 Å². The summed E-state index contributed by atoms with van der Waals surface area (Å²) in [5.41, 5.74) is 3.48. The topological polar surface area (TPSA) is 64.1 Å². The third-order valence-electron chi connectivity index (χ3n) is 3.37. The van der Waals surface area contributed by atoms with Crippen molar-refractivity contribution < 1.29 is 9.53 Å². The van der Waals surface area contributed by atoms with Crippen LogP contribution in [0, 0.1) is 0 Å². The number of carbonyl (C=O) groups is 1. The molecule has 5 heteroatoms. The van der Waals surface area contributed by atoms with E-state index in [9.17, 15) is 4.79 Å². The summed E-state index contributed by atoms with van der Waals surface area (Å²) in [6.45, 7) is 0.971. The molecule has 5 nitrogen and oxygen atoms in total. The maximum absolute atomic E-state index is 11.5. The molecule has 0 unspecified atom stereocenters. The monoisotopic (exact) mass is 269 g/mol. The van der Waals surface area contributed by atoms with Crippen LogP contribution in [-0.2, 0) is 11.2 Å². The Morgan fingerprint density at radius 1 is 1.25 bits per heavy atom. The van der Waals surface area contributed by atoms with Crippen molar-refractivity contribution in [1.82, 2.24) is 9.97 Å². The van der Waals surface area contributed by atoms with Crippen molar-refractivity contribution in [2.75, 3.05) is 19.0 Å². The number of esters is 1. The van der Waals surface area contributed by atoms with Crippen molar-refractivity contribution >= 4 is 11.8 Å². The molecule has 0 aromatic carbocycles. The number of fused-ring (bicyclic) bond motifs is 1. The predicted molar refractivity (Wildman–Crippen MR) is 75.6 cm³/mol. The van der Waals surface area contributed by atoms with Gasteiger partial charge in [-0.25, -0.2) is 9.78 Å². The highest BCUT2D eigenvalue weighted by Crippen LogP contribution is 2.26. The van der Waals surface area contributed by atoms with Gasteiger partial charge in [0, 0.05) is 36.3 Å². The Morgan fingerprint density at radius 3 is 2.95 bits per heavy atom. The molecular formula is C15H15N3O2. The lowest BCUT2D eigenvalue weighted by Gasteiger charge is -2.17. The molecule has 0 fully saturated rings. The van der Waals surface area contributed by atoms with E-state index in [1.54, 1.807) is 18.5 Å². The lowest BCUT2D eigenvalue weighted by atomic mass is 10.0. The Balaban J connectivity index is 1.98. The molecule has 20 heavy (non-hydrogen) atoms. The lowest BCUT2D eigenvalue weighted by Crippen LogP contribution is -2.13. The number of methoxy groups -OCH3 is 1. The number of aromatic nitrogens is 2. The average molecular weight is 269 g/mol. The van der Waals surface area contributed by atoms with Crippen LogP contribution >= 0.6 is 0 Å². The van der Waals surface area contributed by atoms with Gasteiger partial charge in [0.1, 0.15) is 5.82 Å². The van der Waals surface area contributed by atoms with Crippen molar-refractivity contribution in [2.45, 2.75) is 12.8 Å². The zero-order chi connectivity index (χ0) is 13.9. The van der Waals surface area contributed by atoms with E-state index in [-0.39, 0.29) is 5.97 Å². The van der Waals surface area contributed by atoms with Gasteiger partial charge in [-0.1, -0.05) is 0 Å². The second-order valence-corrected chi connectivity index (χ2v) is 4.72. The summed E-state index contributed by atoms with van der Waals surface area (Å²) >= 11 is 0. The van der Waals surface area contributed by atoms with Gasteiger partial charge in [0.05, 0.1) is 12.7 Å². The second kappa shape index (κ2) is 5.28. The Kier molecular flexibility index (Phi) is 3.33. The normalized spacial score (nSPS) is 13.2. The quantitative estimate of drug-likeness (QED) is 0.847. The Morgan fingerprint density at radius 2 is 2.10 bits per heavy atom. The second-order valence-electron chi connectivity index (χ2n) is 4.72. The summed E-state index contributed by atoms with van der Waals surface area (Å²) in [6.07, 6.45) is 7.16. The van der Waals surface area contributed by atoms with Crippen molar-refractivity contribution in [3.05, 3.63) is 41.9 Å². The van der Waals surface area contributed by atoms with Gasteiger partial charge in [-0.05, 0) is 30.5 Å². The fourth-order valence-corrected chi connectivity index (χ4v) is 2.33. The number of nitrogens with zero attached hydrogens (tertiary/aromatic N) is 2. The molecule has 1 aliphatic heterocycles. The van der Waals surface area contributed by atoms with Crippen molar-refractivity contribution in [3.63, 3.8) is 0 Å². The van der Waals surface area contributed by atoms with E-state index in [1.165, 1.54) is 18.9 Å². The minimum atomic E-state index is -0.382. The molecule has 0 amide bonds. The molecule has 0 saturated carbocycles. The maximum Gasteiger partial charge on any atom is 0.339 e. The van der Waals surface area contributed by atoms with E-state index < -0.39 is 0 Å². The number of carbonyl (C=O) groups excluding carboxylic acids is 1. The van der Waals surface area contributed by atoms with E-state index in [1.807, 2.05) is 0 Å². The van der Waals surface area contributed by atoms with E-state index in [0.717, 1.165) is 36.3 Å². The van der Waals surface area contributed by atoms with Gasteiger partial charge in [-0.3, -0.25) is 4.98 Å². The fraction of sp³-hybridized carbons (Fsp3) is 0.267. The molecule has 102 valence electrons. The summed E-state index contributed by atoms with van der Waals surface area (Å²) in [7, 11) is 1.36. The Hall–Kier alpha value is -2.43. The van der Waals surface area contributed by atoms with Gasteiger partial charge in [0.2, 0.25) is 0 Å². The summed E-state index contributed by atoms with van der Waals surface area (Å²) in [6, 6.07) is 3.88. The first kappa shape index (κ1) is 12.6. The molecule has 0 spiro atoms. The minimum Gasteiger partial charge on any atom is -0.465 e. The van der Waals surface area contributed by atoms with E-state index in [0.29, 0.717) is 5.56 Å². The molecule has 3 heterocycles. The van der Waals surface area contributed by atoms with Crippen LogP contribution in [0.5, 0.6) is 0 Å². The van der Waals surface area contributed by atoms with Gasteiger partial charge in [0.15, 0.2) is 0 Å². The number of nitrogens with one attached hydrogen (secondary N) is 1. The molecule has 1 aliphatic rings. The molecule has 2 aromatic rings. The molecule has 1 N–H and O–H groups in total. The van der Waals surface area contributed by atoms with Crippen LogP contribution in [0.15, 0.2) is 30.7 Å². The third-order valence-corrected chi connectivity index (χ3v) is 3.37. The van der Waals surface area contributed by atoms with Crippen molar-refractivity contribution in [1.29, 1.82) is 0 Å². The fourth-order valence-electron chi connectivity index (χ4n) is 2.33. The summed E-state index contributed by atoms with van der Waals surface area (Å²) in [4.78, 5) is 20.1. The first-order valence-electron chi connectivity index (χ1n) is 6.54. The Labute approximate surface area is 117 Å². The molecule has 3 rings (SSSR count). The standard InChI is InChI=1S/C15H15N3O2/c1-20-15(19)13-6-11(7-16-8-13)12-5-10-3-2-4-17-14(10)18-9-12/h5-9H,2-4H2,1H3,(H,17,18). The highest BCUT2D eigenvalue weighted by Gasteiger charge is 2.12. The number of ether oxygens (including phenoxy) is 1. The van der Waals surface area contributed by atoms with Gasteiger partial charge in [-0.2, -0.15) is 0 Å². The summed E-state index contributed by atoms with van der Waals surface area (Å²) in [5.74, 6) is 0.573. The average Bonchev–Trinajstić information content (AvgIpc) is 2.53. The van der Waals surface area contributed by atoms with Crippen LogP contribution in [0.25, 0.3) is 11.1 Å². The first-order chi connectivity index (χ1) is 9.78. The van der Waals surface area contributed by atoms with Crippen LogP contribution in [0.3, 0.4) is 0 Å². The lowest BCUT2D eigenvalue weighted by molar-refractivity contribution is 0.0600. The number of aryl methyl sites for hydroxylation is 1. The number of pyridine rings is 2. The zero-order valence-corrected chi connectivity index (χ0v) is 11.2. The Bertz CT molecular complexity index is 655. The third kappa shape index (κ3) is 2.34. The van der Waals surface area contributed by atoms with E-state index in [4.69, 9.17) is 4.74 Å². The largest absolute Gasteiger partial charge is 0.465 e. The molecular weight excluding hydrogens is 254 g/mol. The summed E-state index contributed by atoms with van der Waals surface area (Å²) < 4.78 is 4.71. The highest BCUT2D eigenvalue weighted by atomic mass is 16.5. The van der Waals surface area contributed by atoms with Crippen LogP contribution < -0.4 is 5.32 Å². The number of hydrogen-bond acceptors (Lipinski definition) is 5. The van der Waals surface area contributed by atoms with E-state index >= 15 is 0 Å². The minimum absolute atomic E-state index is 0.382. The van der Waals surface area contributed by atoms with Crippen LogP contribution in [0.2, 0.25) is 0 Å². The van der Waals surface area contributed by atoms with Crippen LogP contribution in [-0.4, -0.2) is 29.6 Å². The SMILES string of the molecule is COC(=O)c1cncc(-c2cnc3c(c2)CCCN3)c1. The van der Waals surface area contributed by atoms with Gasteiger partial charge < -0.3 is 10.1 Å². The van der Waals surface area contributed by atoms with Crippen molar-refractivity contribution in [2.24, 2.45) is 0 Å². The maximum atomic E-state index is 11.5. The van der Waals surface area contributed by atoms with Crippen LogP contribution in [0.4, 0.5) is 5.82 Å². The van der Waals surface area contributed by atoms with Gasteiger partial charge in [-0.15, -0.1) is 0 Å². The first-order valence-corrected chi connectivity index (χ1v) is 6.54. The predicted octanol–water partition coefficient (Wildman–Crippen LogP) is 2.29. The number of rotatable bonds is 2. The molecule has 0 bridgehead atoms. The van der Waals surface area contributed by atoms with Gasteiger partial charge >= 0.3 is 5.97 Å². The molecule has 2 aromatic heterocycles. The van der Waals surface area contributed by atoms with E-state index in [2.05, 4.69) is 21.4 Å². The van der Waals surface area contributed by atoms with Crippen LogP contribution in [0.1, 0.15) is 22.3 Å².